The number of nitrogens with zero attached hydrogens (tertiary/aromatic N) is 2. The Labute approximate surface area is 128 Å². The maximum absolute atomic E-state index is 12.3. The number of carbonyl (C=O) groups excluding carboxylic acids is 1. The third-order valence-electron chi connectivity index (χ3n) is 3.33. The van der Waals surface area contributed by atoms with Crippen LogP contribution in [-0.2, 0) is 4.79 Å². The molecule has 21 heavy (non-hydrogen) atoms. The van der Waals surface area contributed by atoms with Crippen molar-refractivity contribution in [1.29, 1.82) is 5.26 Å². The van der Waals surface area contributed by atoms with Crippen molar-refractivity contribution in [2.75, 3.05) is 26.2 Å². The first-order valence-corrected chi connectivity index (χ1v) is 7.53. The summed E-state index contributed by atoms with van der Waals surface area (Å²) in [5, 5.41) is 15.7. The molecule has 0 saturated carbocycles. The van der Waals surface area contributed by atoms with Crippen LogP contribution in [0.5, 0.6) is 0 Å². The van der Waals surface area contributed by atoms with E-state index in [4.69, 9.17) is 0 Å². The van der Waals surface area contributed by atoms with E-state index in [0.717, 1.165) is 19.5 Å². The standard InChI is InChI=1S/C16H28N4O/c1-15(2,3)12-16(4,5)19-11-13(10-17)14(21)20-8-6-18-7-9-20/h11,18-19H,6-9,12H2,1-5H3/b13-11-. The van der Waals surface area contributed by atoms with Crippen LogP contribution in [-0.4, -0.2) is 42.5 Å². The lowest BCUT2D eigenvalue weighted by molar-refractivity contribution is -0.127. The molecular formula is C16H28N4O. The molecule has 1 fully saturated rings. The number of rotatable bonds is 4. The molecule has 0 unspecified atom stereocenters. The van der Waals surface area contributed by atoms with E-state index in [1.165, 1.54) is 0 Å². The molecule has 0 aromatic rings. The zero-order chi connectivity index (χ0) is 16.1. The molecule has 2 N–H and O–H groups in total. The average Bonchev–Trinajstić information content (AvgIpc) is 2.37. The van der Waals surface area contributed by atoms with Crippen molar-refractivity contribution in [3.05, 3.63) is 11.8 Å². The molecule has 0 spiro atoms. The molecule has 1 amide bonds. The molecule has 1 rings (SSSR count). The second kappa shape index (κ2) is 6.95. The van der Waals surface area contributed by atoms with Crippen molar-refractivity contribution >= 4 is 5.91 Å². The van der Waals surface area contributed by atoms with Crippen LogP contribution in [0, 0.1) is 16.7 Å². The zero-order valence-electron chi connectivity index (χ0n) is 13.9. The molecule has 0 aliphatic carbocycles. The topological polar surface area (TPSA) is 68.2 Å². The fourth-order valence-corrected chi connectivity index (χ4v) is 2.82. The Hall–Kier alpha value is -1.54. The highest BCUT2D eigenvalue weighted by Crippen LogP contribution is 2.26. The van der Waals surface area contributed by atoms with Crippen LogP contribution in [0.4, 0.5) is 0 Å². The number of nitriles is 1. The quantitative estimate of drug-likeness (QED) is 0.610. The fraction of sp³-hybridized carbons (Fsp3) is 0.750. The Morgan fingerprint density at radius 1 is 1.29 bits per heavy atom. The predicted molar refractivity (Wildman–Crippen MR) is 84.4 cm³/mol. The van der Waals surface area contributed by atoms with Crippen molar-refractivity contribution in [1.82, 2.24) is 15.5 Å². The number of hydrogen-bond donors (Lipinski definition) is 2. The molecule has 0 bridgehead atoms. The summed E-state index contributed by atoms with van der Waals surface area (Å²) in [6.07, 6.45) is 2.52. The predicted octanol–water partition coefficient (Wildman–Crippen LogP) is 1.63. The molecule has 5 heteroatoms. The van der Waals surface area contributed by atoms with Crippen LogP contribution in [0.15, 0.2) is 11.8 Å². The van der Waals surface area contributed by atoms with Crippen molar-refractivity contribution in [3.8, 4) is 6.07 Å². The maximum atomic E-state index is 12.3. The van der Waals surface area contributed by atoms with Crippen LogP contribution < -0.4 is 10.6 Å². The van der Waals surface area contributed by atoms with E-state index in [2.05, 4.69) is 45.3 Å². The van der Waals surface area contributed by atoms with Crippen molar-refractivity contribution < 1.29 is 4.79 Å². The van der Waals surface area contributed by atoms with E-state index in [1.807, 2.05) is 6.07 Å². The van der Waals surface area contributed by atoms with Crippen LogP contribution >= 0.6 is 0 Å². The SMILES string of the molecule is CC(C)(C)CC(C)(C)N/C=C(/C#N)C(=O)N1CCNCC1. The Bertz CT molecular complexity index is 434. The molecule has 0 aromatic carbocycles. The Kier molecular flexibility index (Phi) is 5.79. The minimum atomic E-state index is -0.182. The Morgan fingerprint density at radius 3 is 2.33 bits per heavy atom. The number of piperazine rings is 1. The molecule has 5 nitrogen and oxygen atoms in total. The van der Waals surface area contributed by atoms with Gasteiger partial charge in [0.15, 0.2) is 0 Å². The average molecular weight is 292 g/mol. The summed E-state index contributed by atoms with van der Waals surface area (Å²) >= 11 is 0. The smallest absolute Gasteiger partial charge is 0.266 e. The molecule has 1 saturated heterocycles. The molecule has 118 valence electrons. The summed E-state index contributed by atoms with van der Waals surface area (Å²) in [5.74, 6) is -0.182. The van der Waals surface area contributed by atoms with Crippen LogP contribution in [0.3, 0.4) is 0 Å². The van der Waals surface area contributed by atoms with Crippen LogP contribution in [0.2, 0.25) is 0 Å². The molecule has 1 aliphatic heterocycles. The summed E-state index contributed by atoms with van der Waals surface area (Å²) in [5.41, 5.74) is 0.197. The fourth-order valence-electron chi connectivity index (χ4n) is 2.82. The minimum absolute atomic E-state index is 0.163. The van der Waals surface area contributed by atoms with Gasteiger partial charge in [-0.15, -0.1) is 0 Å². The van der Waals surface area contributed by atoms with Gasteiger partial charge in [-0.25, -0.2) is 0 Å². The first-order valence-electron chi connectivity index (χ1n) is 7.53. The monoisotopic (exact) mass is 292 g/mol. The number of hydrogen-bond acceptors (Lipinski definition) is 4. The van der Waals surface area contributed by atoms with Crippen molar-refractivity contribution in [2.45, 2.75) is 46.6 Å². The summed E-state index contributed by atoms with van der Waals surface area (Å²) in [7, 11) is 0. The Morgan fingerprint density at radius 2 is 1.86 bits per heavy atom. The molecule has 0 atom stereocenters. The van der Waals surface area contributed by atoms with Gasteiger partial charge in [-0.3, -0.25) is 4.79 Å². The van der Waals surface area contributed by atoms with E-state index in [0.29, 0.717) is 13.1 Å². The van der Waals surface area contributed by atoms with Gasteiger partial charge in [0.1, 0.15) is 11.6 Å². The van der Waals surface area contributed by atoms with E-state index < -0.39 is 0 Å². The van der Waals surface area contributed by atoms with E-state index in [-0.39, 0.29) is 22.4 Å². The number of carbonyl (C=O) groups is 1. The highest BCUT2D eigenvalue weighted by Gasteiger charge is 2.25. The normalized spacial score (nSPS) is 17.3. The first-order chi connectivity index (χ1) is 9.64. The van der Waals surface area contributed by atoms with Gasteiger partial charge < -0.3 is 15.5 Å². The summed E-state index contributed by atoms with van der Waals surface area (Å²) in [6.45, 7) is 13.6. The highest BCUT2D eigenvalue weighted by atomic mass is 16.2. The second-order valence-corrected chi connectivity index (χ2v) is 7.48. The van der Waals surface area contributed by atoms with Gasteiger partial charge in [0.25, 0.3) is 5.91 Å². The molecule has 1 aliphatic rings. The molecule has 0 radical (unpaired) electrons. The van der Waals surface area contributed by atoms with Crippen molar-refractivity contribution in [2.24, 2.45) is 5.41 Å². The number of amides is 1. The van der Waals surface area contributed by atoms with Gasteiger partial charge >= 0.3 is 0 Å². The summed E-state index contributed by atoms with van der Waals surface area (Å²) in [6, 6.07) is 2.02. The van der Waals surface area contributed by atoms with Crippen LogP contribution in [0.1, 0.15) is 41.0 Å². The molecule has 1 heterocycles. The zero-order valence-corrected chi connectivity index (χ0v) is 13.9. The lowest BCUT2D eigenvalue weighted by Gasteiger charge is -2.33. The van der Waals surface area contributed by atoms with E-state index in [9.17, 15) is 10.1 Å². The lowest BCUT2D eigenvalue weighted by atomic mass is 9.82. The van der Waals surface area contributed by atoms with E-state index in [1.54, 1.807) is 11.1 Å². The van der Waals surface area contributed by atoms with Gasteiger partial charge in [0, 0.05) is 37.9 Å². The van der Waals surface area contributed by atoms with Crippen LogP contribution in [0.25, 0.3) is 0 Å². The van der Waals surface area contributed by atoms with Gasteiger partial charge in [-0.1, -0.05) is 20.8 Å². The first kappa shape index (κ1) is 17.5. The molecular weight excluding hydrogens is 264 g/mol. The number of nitrogens with one attached hydrogen (secondary N) is 2. The summed E-state index contributed by atoms with van der Waals surface area (Å²) < 4.78 is 0. The minimum Gasteiger partial charge on any atom is -0.385 e. The largest absolute Gasteiger partial charge is 0.385 e. The third-order valence-corrected chi connectivity index (χ3v) is 3.33. The Balaban J connectivity index is 2.71. The van der Waals surface area contributed by atoms with Gasteiger partial charge in [0.2, 0.25) is 0 Å². The molecule has 0 aromatic heterocycles. The van der Waals surface area contributed by atoms with Gasteiger partial charge in [-0.2, -0.15) is 5.26 Å². The summed E-state index contributed by atoms with van der Waals surface area (Å²) in [4.78, 5) is 14.0. The van der Waals surface area contributed by atoms with E-state index >= 15 is 0 Å². The highest BCUT2D eigenvalue weighted by molar-refractivity contribution is 5.97. The van der Waals surface area contributed by atoms with Crippen molar-refractivity contribution in [3.63, 3.8) is 0 Å². The third kappa shape index (κ3) is 6.17. The van der Waals surface area contributed by atoms with Gasteiger partial charge in [0.05, 0.1) is 0 Å². The second-order valence-electron chi connectivity index (χ2n) is 7.48. The lowest BCUT2D eigenvalue weighted by Crippen LogP contribution is -2.47. The maximum Gasteiger partial charge on any atom is 0.266 e. The van der Waals surface area contributed by atoms with Gasteiger partial charge in [-0.05, 0) is 25.7 Å².